The summed E-state index contributed by atoms with van der Waals surface area (Å²) in [5, 5.41) is 2.71. The number of amides is 2. The monoisotopic (exact) mass is 294 g/mol. The van der Waals surface area contributed by atoms with Gasteiger partial charge in [0.1, 0.15) is 5.82 Å². The van der Waals surface area contributed by atoms with E-state index in [1.807, 2.05) is 6.92 Å². The van der Waals surface area contributed by atoms with Crippen molar-refractivity contribution in [1.82, 2.24) is 4.90 Å². The summed E-state index contributed by atoms with van der Waals surface area (Å²) >= 11 is 0. The first-order chi connectivity index (χ1) is 10.0. The van der Waals surface area contributed by atoms with Gasteiger partial charge in [-0.1, -0.05) is 0 Å². The SMILES string of the molecule is COC[C@@H](C)N1C[C@@H](C(=O)Nc2ccc(F)cc2)CC1=O. The topological polar surface area (TPSA) is 58.6 Å². The fourth-order valence-corrected chi connectivity index (χ4v) is 2.44. The molecule has 0 saturated carbocycles. The van der Waals surface area contributed by atoms with Crippen molar-refractivity contribution in [3.8, 4) is 0 Å². The van der Waals surface area contributed by atoms with Crippen LogP contribution in [0.3, 0.4) is 0 Å². The number of rotatable bonds is 5. The number of carbonyl (C=O) groups excluding carboxylic acids is 2. The highest BCUT2D eigenvalue weighted by Gasteiger charge is 2.36. The third-order valence-electron chi connectivity index (χ3n) is 3.58. The highest BCUT2D eigenvalue weighted by atomic mass is 19.1. The largest absolute Gasteiger partial charge is 0.383 e. The van der Waals surface area contributed by atoms with Gasteiger partial charge in [0.2, 0.25) is 11.8 Å². The molecule has 1 fully saturated rings. The van der Waals surface area contributed by atoms with Gasteiger partial charge in [0, 0.05) is 25.8 Å². The van der Waals surface area contributed by atoms with Crippen LogP contribution >= 0.6 is 0 Å². The summed E-state index contributed by atoms with van der Waals surface area (Å²) in [6.45, 7) is 2.72. The van der Waals surface area contributed by atoms with Crippen LogP contribution in [0.4, 0.5) is 10.1 Å². The first-order valence-corrected chi connectivity index (χ1v) is 6.86. The molecule has 1 aromatic carbocycles. The Bertz CT molecular complexity index is 518. The van der Waals surface area contributed by atoms with Gasteiger partial charge in [-0.2, -0.15) is 0 Å². The summed E-state index contributed by atoms with van der Waals surface area (Å²) in [5.74, 6) is -1.01. The van der Waals surface area contributed by atoms with Gasteiger partial charge in [-0.15, -0.1) is 0 Å². The summed E-state index contributed by atoms with van der Waals surface area (Å²) in [6, 6.07) is 5.50. The van der Waals surface area contributed by atoms with Crippen LogP contribution in [0, 0.1) is 11.7 Å². The molecule has 1 aliphatic heterocycles. The van der Waals surface area contributed by atoms with Crippen molar-refractivity contribution in [2.75, 3.05) is 25.6 Å². The summed E-state index contributed by atoms with van der Waals surface area (Å²) in [5.41, 5.74) is 0.525. The highest BCUT2D eigenvalue weighted by Crippen LogP contribution is 2.22. The van der Waals surface area contributed by atoms with E-state index in [1.165, 1.54) is 24.3 Å². The predicted octanol–water partition coefficient (Wildman–Crippen LogP) is 1.65. The Morgan fingerprint density at radius 3 is 2.76 bits per heavy atom. The number of likely N-dealkylation sites (tertiary alicyclic amines) is 1. The Morgan fingerprint density at radius 2 is 2.14 bits per heavy atom. The lowest BCUT2D eigenvalue weighted by atomic mass is 10.1. The van der Waals surface area contributed by atoms with Crippen LogP contribution in [-0.4, -0.2) is 43.0 Å². The molecule has 1 N–H and O–H groups in total. The zero-order valence-corrected chi connectivity index (χ0v) is 12.1. The minimum absolute atomic E-state index is 0.0428. The fourth-order valence-electron chi connectivity index (χ4n) is 2.44. The zero-order valence-electron chi connectivity index (χ0n) is 12.1. The Hall–Kier alpha value is -1.95. The van der Waals surface area contributed by atoms with Crippen LogP contribution in [0.15, 0.2) is 24.3 Å². The summed E-state index contributed by atoms with van der Waals surface area (Å²) < 4.78 is 17.9. The van der Waals surface area contributed by atoms with E-state index in [4.69, 9.17) is 4.74 Å². The van der Waals surface area contributed by atoms with Gasteiger partial charge in [-0.3, -0.25) is 9.59 Å². The molecular formula is C15H19FN2O3. The number of methoxy groups -OCH3 is 1. The van der Waals surface area contributed by atoms with E-state index in [2.05, 4.69) is 5.32 Å². The summed E-state index contributed by atoms with van der Waals surface area (Å²) in [4.78, 5) is 25.8. The minimum Gasteiger partial charge on any atom is -0.383 e. The van der Waals surface area contributed by atoms with Gasteiger partial charge in [0.05, 0.1) is 18.6 Å². The number of halogens is 1. The number of hydrogen-bond acceptors (Lipinski definition) is 3. The van der Waals surface area contributed by atoms with Crippen molar-refractivity contribution in [1.29, 1.82) is 0 Å². The molecule has 0 unspecified atom stereocenters. The second-order valence-electron chi connectivity index (χ2n) is 5.25. The molecule has 0 radical (unpaired) electrons. The van der Waals surface area contributed by atoms with E-state index in [1.54, 1.807) is 12.0 Å². The average molecular weight is 294 g/mol. The second-order valence-corrected chi connectivity index (χ2v) is 5.25. The van der Waals surface area contributed by atoms with Crippen LogP contribution in [-0.2, 0) is 14.3 Å². The lowest BCUT2D eigenvalue weighted by Crippen LogP contribution is -2.38. The third kappa shape index (κ3) is 3.78. The van der Waals surface area contributed by atoms with Gasteiger partial charge < -0.3 is 15.0 Å². The van der Waals surface area contributed by atoms with Crippen LogP contribution < -0.4 is 5.32 Å². The molecule has 114 valence electrons. The molecule has 0 aliphatic carbocycles. The van der Waals surface area contributed by atoms with E-state index < -0.39 is 0 Å². The smallest absolute Gasteiger partial charge is 0.229 e. The Morgan fingerprint density at radius 1 is 1.48 bits per heavy atom. The molecule has 2 rings (SSSR count). The van der Waals surface area contributed by atoms with Crippen molar-refractivity contribution in [2.45, 2.75) is 19.4 Å². The molecule has 1 aromatic rings. The highest BCUT2D eigenvalue weighted by molar-refractivity contribution is 5.97. The molecule has 0 bridgehead atoms. The van der Waals surface area contributed by atoms with E-state index >= 15 is 0 Å². The molecule has 6 heteroatoms. The Kier molecular flexibility index (Phi) is 4.90. The van der Waals surface area contributed by atoms with Crippen LogP contribution in [0.5, 0.6) is 0 Å². The maximum absolute atomic E-state index is 12.8. The van der Waals surface area contributed by atoms with E-state index in [9.17, 15) is 14.0 Å². The van der Waals surface area contributed by atoms with Crippen molar-refractivity contribution in [3.05, 3.63) is 30.1 Å². The summed E-state index contributed by atoms with van der Waals surface area (Å²) in [6.07, 6.45) is 0.196. The first-order valence-electron chi connectivity index (χ1n) is 6.86. The van der Waals surface area contributed by atoms with Gasteiger partial charge >= 0.3 is 0 Å². The van der Waals surface area contributed by atoms with Gasteiger partial charge in [-0.05, 0) is 31.2 Å². The average Bonchev–Trinajstić information content (AvgIpc) is 2.84. The third-order valence-corrected chi connectivity index (χ3v) is 3.58. The number of ether oxygens (including phenoxy) is 1. The van der Waals surface area contributed by atoms with Crippen molar-refractivity contribution in [3.63, 3.8) is 0 Å². The number of benzene rings is 1. The predicted molar refractivity (Wildman–Crippen MR) is 76.2 cm³/mol. The molecule has 0 aromatic heterocycles. The molecule has 5 nitrogen and oxygen atoms in total. The molecule has 21 heavy (non-hydrogen) atoms. The quantitative estimate of drug-likeness (QED) is 0.898. The number of nitrogens with zero attached hydrogens (tertiary/aromatic N) is 1. The van der Waals surface area contributed by atoms with Gasteiger partial charge in [-0.25, -0.2) is 4.39 Å². The number of hydrogen-bond donors (Lipinski definition) is 1. The van der Waals surface area contributed by atoms with E-state index in [0.29, 0.717) is 18.8 Å². The van der Waals surface area contributed by atoms with Crippen LogP contribution in [0.1, 0.15) is 13.3 Å². The number of anilines is 1. The normalized spacial score (nSPS) is 19.7. The molecule has 0 spiro atoms. The molecule has 1 aliphatic rings. The van der Waals surface area contributed by atoms with Crippen LogP contribution in [0.25, 0.3) is 0 Å². The maximum atomic E-state index is 12.8. The minimum atomic E-state index is -0.387. The van der Waals surface area contributed by atoms with E-state index in [-0.39, 0.29) is 36.0 Å². The summed E-state index contributed by atoms with van der Waals surface area (Å²) in [7, 11) is 1.58. The Labute approximate surface area is 123 Å². The van der Waals surface area contributed by atoms with E-state index in [0.717, 1.165) is 0 Å². The molecule has 1 saturated heterocycles. The van der Waals surface area contributed by atoms with Crippen LogP contribution in [0.2, 0.25) is 0 Å². The lowest BCUT2D eigenvalue weighted by molar-refractivity contribution is -0.130. The molecular weight excluding hydrogens is 275 g/mol. The standard InChI is InChI=1S/C15H19FN2O3/c1-10(9-21-2)18-8-11(7-14(18)19)15(20)17-13-5-3-12(16)4-6-13/h3-6,10-11H,7-9H2,1-2H3,(H,17,20)/t10-,11+/m1/s1. The maximum Gasteiger partial charge on any atom is 0.229 e. The number of carbonyl (C=O) groups is 2. The second kappa shape index (κ2) is 6.67. The van der Waals surface area contributed by atoms with Crippen molar-refractivity contribution < 1.29 is 18.7 Å². The number of nitrogens with one attached hydrogen (secondary N) is 1. The Balaban J connectivity index is 1.95. The van der Waals surface area contributed by atoms with Gasteiger partial charge in [0.15, 0.2) is 0 Å². The molecule has 1 heterocycles. The lowest BCUT2D eigenvalue weighted by Gasteiger charge is -2.23. The first kappa shape index (κ1) is 15.4. The zero-order chi connectivity index (χ0) is 15.4. The van der Waals surface area contributed by atoms with Gasteiger partial charge in [0.25, 0.3) is 0 Å². The fraction of sp³-hybridized carbons (Fsp3) is 0.467. The van der Waals surface area contributed by atoms with Crippen molar-refractivity contribution in [2.24, 2.45) is 5.92 Å². The molecule has 2 amide bonds. The van der Waals surface area contributed by atoms with Crippen molar-refractivity contribution >= 4 is 17.5 Å². The molecule has 2 atom stereocenters.